The molecule has 2 N–H and O–H groups in total. The SMILES string of the molecule is CN([O-])CC(O)c1cccc(O)c1. The van der Waals surface area contributed by atoms with E-state index >= 15 is 0 Å². The van der Waals surface area contributed by atoms with Gasteiger partial charge in [0.1, 0.15) is 5.75 Å². The van der Waals surface area contributed by atoms with Crippen molar-refractivity contribution >= 4 is 0 Å². The fourth-order valence-corrected chi connectivity index (χ4v) is 1.08. The summed E-state index contributed by atoms with van der Waals surface area (Å²) >= 11 is 0. The largest absolute Gasteiger partial charge is 0.785 e. The molecule has 1 aromatic carbocycles. The Hall–Kier alpha value is -1.10. The second kappa shape index (κ2) is 4.23. The van der Waals surface area contributed by atoms with Crippen LogP contribution in [0.15, 0.2) is 24.3 Å². The molecule has 1 rings (SSSR count). The molecule has 0 aliphatic rings. The second-order valence-corrected chi connectivity index (χ2v) is 2.92. The summed E-state index contributed by atoms with van der Waals surface area (Å²) in [7, 11) is 1.34. The van der Waals surface area contributed by atoms with Gasteiger partial charge in [-0.3, -0.25) is 0 Å². The number of rotatable bonds is 3. The summed E-state index contributed by atoms with van der Waals surface area (Å²) < 4.78 is 0. The summed E-state index contributed by atoms with van der Waals surface area (Å²) in [6.07, 6.45) is -0.852. The number of phenolic OH excluding ortho intramolecular Hbond substituents is 1. The van der Waals surface area contributed by atoms with Crippen molar-refractivity contribution < 1.29 is 10.2 Å². The molecule has 1 atom stereocenters. The van der Waals surface area contributed by atoms with E-state index in [-0.39, 0.29) is 12.3 Å². The van der Waals surface area contributed by atoms with Crippen LogP contribution in [0.1, 0.15) is 11.7 Å². The Morgan fingerprint density at radius 2 is 2.23 bits per heavy atom. The van der Waals surface area contributed by atoms with Crippen molar-refractivity contribution in [2.24, 2.45) is 0 Å². The molecular weight excluding hydrogens is 170 g/mol. The number of likely N-dealkylation sites (N-methyl/N-ethyl adjacent to an activating group) is 1. The number of aliphatic hydroxyl groups excluding tert-OH is 1. The summed E-state index contributed by atoms with van der Waals surface area (Å²) in [5.41, 5.74) is 0.544. The van der Waals surface area contributed by atoms with Crippen molar-refractivity contribution in [3.63, 3.8) is 0 Å². The molecule has 72 valence electrons. The molecule has 0 heterocycles. The van der Waals surface area contributed by atoms with E-state index in [1.807, 2.05) is 0 Å². The predicted molar refractivity (Wildman–Crippen MR) is 49.1 cm³/mol. The van der Waals surface area contributed by atoms with Crippen molar-refractivity contribution in [1.82, 2.24) is 5.06 Å². The number of benzene rings is 1. The third-order valence-electron chi connectivity index (χ3n) is 1.69. The fraction of sp³-hybridized carbons (Fsp3) is 0.333. The molecule has 0 spiro atoms. The zero-order chi connectivity index (χ0) is 9.84. The maximum Gasteiger partial charge on any atom is 0.115 e. The Morgan fingerprint density at radius 1 is 1.54 bits per heavy atom. The van der Waals surface area contributed by atoms with Crippen molar-refractivity contribution in [2.75, 3.05) is 13.6 Å². The van der Waals surface area contributed by atoms with Gasteiger partial charge in [0, 0.05) is 6.54 Å². The maximum absolute atomic E-state index is 10.6. The maximum atomic E-state index is 10.6. The normalized spacial score (nSPS) is 13.2. The zero-order valence-electron chi connectivity index (χ0n) is 7.34. The van der Waals surface area contributed by atoms with Gasteiger partial charge in [0.05, 0.1) is 6.10 Å². The van der Waals surface area contributed by atoms with Gasteiger partial charge in [-0.15, -0.1) is 0 Å². The molecule has 1 aromatic rings. The number of hydrogen-bond acceptors (Lipinski definition) is 4. The predicted octanol–water partition coefficient (Wildman–Crippen LogP) is 0.855. The minimum absolute atomic E-state index is 0.00343. The van der Waals surface area contributed by atoms with Gasteiger partial charge in [0.15, 0.2) is 0 Å². The molecule has 4 nitrogen and oxygen atoms in total. The minimum Gasteiger partial charge on any atom is -0.785 e. The van der Waals surface area contributed by atoms with Gasteiger partial charge in [-0.25, -0.2) is 0 Å². The standard InChI is InChI=1S/C9H12NO3/c1-10(13)6-9(12)7-3-2-4-8(11)5-7/h2-5,9,11-12H,6H2,1H3/q-1. The van der Waals surface area contributed by atoms with E-state index < -0.39 is 6.10 Å². The minimum atomic E-state index is -0.852. The molecule has 13 heavy (non-hydrogen) atoms. The third-order valence-corrected chi connectivity index (χ3v) is 1.69. The molecule has 1 unspecified atom stereocenters. The summed E-state index contributed by atoms with van der Waals surface area (Å²) in [6, 6.07) is 6.23. The third kappa shape index (κ3) is 3.02. The first kappa shape index (κ1) is 9.98. The van der Waals surface area contributed by atoms with Crippen molar-refractivity contribution in [1.29, 1.82) is 0 Å². The molecule has 0 fully saturated rings. The lowest BCUT2D eigenvalue weighted by Crippen LogP contribution is -2.18. The van der Waals surface area contributed by atoms with Crippen molar-refractivity contribution in [2.45, 2.75) is 6.10 Å². The number of hydroxylamine groups is 2. The quantitative estimate of drug-likeness (QED) is 0.680. The molecule has 0 aromatic heterocycles. The second-order valence-electron chi connectivity index (χ2n) is 2.92. The molecule has 0 aliphatic carbocycles. The van der Waals surface area contributed by atoms with Crippen LogP contribution in [0.25, 0.3) is 0 Å². The lowest BCUT2D eigenvalue weighted by atomic mass is 10.1. The van der Waals surface area contributed by atoms with Crippen LogP contribution >= 0.6 is 0 Å². The summed E-state index contributed by atoms with van der Waals surface area (Å²) in [4.78, 5) is 0. The van der Waals surface area contributed by atoms with E-state index in [0.29, 0.717) is 10.6 Å². The Labute approximate surface area is 76.6 Å². The monoisotopic (exact) mass is 182 g/mol. The molecular formula is C9H12NO3-. The zero-order valence-corrected chi connectivity index (χ0v) is 7.34. The first-order valence-electron chi connectivity index (χ1n) is 3.95. The average Bonchev–Trinajstić information content (AvgIpc) is 2.03. The van der Waals surface area contributed by atoms with Crippen molar-refractivity contribution in [3.05, 3.63) is 35.0 Å². The Balaban J connectivity index is 2.71. The van der Waals surface area contributed by atoms with E-state index in [9.17, 15) is 10.3 Å². The van der Waals surface area contributed by atoms with E-state index in [1.54, 1.807) is 12.1 Å². The van der Waals surface area contributed by atoms with E-state index in [1.165, 1.54) is 19.2 Å². The van der Waals surface area contributed by atoms with Crippen LogP contribution in [0.2, 0.25) is 0 Å². The molecule has 0 radical (unpaired) electrons. The first-order valence-corrected chi connectivity index (χ1v) is 3.95. The highest BCUT2D eigenvalue weighted by Crippen LogP contribution is 2.18. The molecule has 0 aliphatic heterocycles. The topological polar surface area (TPSA) is 66.8 Å². The van der Waals surface area contributed by atoms with Gasteiger partial charge in [0.2, 0.25) is 0 Å². The number of aliphatic hydroxyl groups is 1. The van der Waals surface area contributed by atoms with E-state index in [0.717, 1.165) is 0 Å². The van der Waals surface area contributed by atoms with Crippen LogP contribution in [0.4, 0.5) is 0 Å². The average molecular weight is 182 g/mol. The van der Waals surface area contributed by atoms with Gasteiger partial charge in [0.25, 0.3) is 0 Å². The van der Waals surface area contributed by atoms with Gasteiger partial charge in [-0.05, 0) is 24.7 Å². The van der Waals surface area contributed by atoms with Crippen LogP contribution in [0.3, 0.4) is 0 Å². The smallest absolute Gasteiger partial charge is 0.115 e. The van der Waals surface area contributed by atoms with Crippen LogP contribution in [0, 0.1) is 5.21 Å². The van der Waals surface area contributed by atoms with E-state index in [4.69, 9.17) is 5.11 Å². The molecule has 0 saturated carbocycles. The summed E-state index contributed by atoms with van der Waals surface area (Å²) in [5, 5.41) is 29.8. The molecule has 0 amide bonds. The highest BCUT2D eigenvalue weighted by molar-refractivity contribution is 5.28. The first-order chi connectivity index (χ1) is 6.09. The highest BCUT2D eigenvalue weighted by Gasteiger charge is 2.06. The number of aromatic hydroxyl groups is 1. The van der Waals surface area contributed by atoms with E-state index in [2.05, 4.69) is 0 Å². The molecule has 0 saturated heterocycles. The molecule has 0 bridgehead atoms. The number of hydrogen-bond donors (Lipinski definition) is 2. The number of nitrogens with zero attached hydrogens (tertiary/aromatic N) is 1. The lowest BCUT2D eigenvalue weighted by molar-refractivity contribution is 0.145. The van der Waals surface area contributed by atoms with Gasteiger partial charge in [-0.1, -0.05) is 12.1 Å². The fourth-order valence-electron chi connectivity index (χ4n) is 1.08. The summed E-state index contributed by atoms with van der Waals surface area (Å²) in [5.74, 6) is 0.0881. The lowest BCUT2D eigenvalue weighted by Gasteiger charge is -2.25. The van der Waals surface area contributed by atoms with Crippen LogP contribution in [-0.2, 0) is 0 Å². The summed E-state index contributed by atoms with van der Waals surface area (Å²) in [6.45, 7) is 0.00343. The Kier molecular flexibility index (Phi) is 3.25. The van der Waals surface area contributed by atoms with Crippen LogP contribution in [0.5, 0.6) is 5.75 Å². The molecule has 4 heteroatoms. The van der Waals surface area contributed by atoms with Gasteiger partial charge >= 0.3 is 0 Å². The highest BCUT2D eigenvalue weighted by atomic mass is 16.5. The van der Waals surface area contributed by atoms with Crippen LogP contribution in [-0.4, -0.2) is 28.9 Å². The van der Waals surface area contributed by atoms with Crippen molar-refractivity contribution in [3.8, 4) is 5.75 Å². The van der Waals surface area contributed by atoms with Crippen LogP contribution < -0.4 is 0 Å². The van der Waals surface area contributed by atoms with Gasteiger partial charge in [-0.2, -0.15) is 0 Å². The Morgan fingerprint density at radius 3 is 2.77 bits per heavy atom. The Bertz CT molecular complexity index is 275. The van der Waals surface area contributed by atoms with Gasteiger partial charge < -0.3 is 20.5 Å². The number of phenols is 1.